The van der Waals surface area contributed by atoms with Crippen molar-refractivity contribution in [1.29, 1.82) is 0 Å². The van der Waals surface area contributed by atoms with E-state index in [2.05, 4.69) is 4.72 Å². The number of hydrogen-bond donors (Lipinski definition) is 1. The minimum Gasteiger partial charge on any atom is -0.343 e. The van der Waals surface area contributed by atoms with Gasteiger partial charge in [0, 0.05) is 26.1 Å². The Balaban J connectivity index is 1.86. The molecular formula is C16H21F3N2O3S. The molecule has 1 aromatic rings. The van der Waals surface area contributed by atoms with Crippen LogP contribution in [0.1, 0.15) is 37.7 Å². The standard InChI is InChI=1S/C16H21F3N2O3S/c17-16(18,19)13-6-8-14(9-7-13)25(23,24)20-10-4-12-21-11-3-1-2-5-15(21)22/h6-9,20H,1-5,10-12H2. The summed E-state index contributed by atoms with van der Waals surface area (Å²) in [5, 5.41) is 0. The average molecular weight is 378 g/mol. The van der Waals surface area contributed by atoms with Gasteiger partial charge in [0.05, 0.1) is 10.5 Å². The fourth-order valence-corrected chi connectivity index (χ4v) is 3.73. The molecule has 1 saturated heterocycles. The molecule has 1 heterocycles. The highest BCUT2D eigenvalue weighted by atomic mass is 32.2. The van der Waals surface area contributed by atoms with Gasteiger partial charge in [0.1, 0.15) is 0 Å². The Morgan fingerprint density at radius 1 is 1.08 bits per heavy atom. The first-order valence-electron chi connectivity index (χ1n) is 8.15. The molecule has 0 bridgehead atoms. The van der Waals surface area contributed by atoms with E-state index in [1.807, 2.05) is 0 Å². The number of likely N-dealkylation sites (tertiary alicyclic amines) is 1. The van der Waals surface area contributed by atoms with E-state index in [-0.39, 0.29) is 17.3 Å². The summed E-state index contributed by atoms with van der Waals surface area (Å²) in [5.41, 5.74) is -0.897. The number of nitrogens with one attached hydrogen (secondary N) is 1. The second kappa shape index (κ2) is 8.18. The largest absolute Gasteiger partial charge is 0.416 e. The van der Waals surface area contributed by atoms with Crippen LogP contribution in [-0.4, -0.2) is 38.9 Å². The van der Waals surface area contributed by atoms with Gasteiger partial charge in [-0.05, 0) is 43.5 Å². The van der Waals surface area contributed by atoms with E-state index in [9.17, 15) is 26.4 Å². The van der Waals surface area contributed by atoms with Crippen molar-refractivity contribution < 1.29 is 26.4 Å². The smallest absolute Gasteiger partial charge is 0.343 e. The Labute approximate surface area is 145 Å². The number of hydrogen-bond acceptors (Lipinski definition) is 3. The number of rotatable bonds is 6. The minimum absolute atomic E-state index is 0.0862. The number of amides is 1. The molecule has 1 fully saturated rings. The van der Waals surface area contributed by atoms with Gasteiger partial charge in [0.15, 0.2) is 0 Å². The van der Waals surface area contributed by atoms with Crippen LogP contribution in [0.4, 0.5) is 13.2 Å². The van der Waals surface area contributed by atoms with Gasteiger partial charge in [-0.15, -0.1) is 0 Å². The predicted molar refractivity (Wildman–Crippen MR) is 86.3 cm³/mol. The summed E-state index contributed by atoms with van der Waals surface area (Å²) in [5.74, 6) is 0.0862. The lowest BCUT2D eigenvalue weighted by atomic mass is 10.2. The van der Waals surface area contributed by atoms with Crippen molar-refractivity contribution in [1.82, 2.24) is 9.62 Å². The quantitative estimate of drug-likeness (QED) is 0.774. The van der Waals surface area contributed by atoms with Gasteiger partial charge >= 0.3 is 6.18 Å². The number of nitrogens with zero attached hydrogens (tertiary/aromatic N) is 1. The molecule has 0 unspecified atom stereocenters. The molecule has 5 nitrogen and oxygen atoms in total. The number of carbonyl (C=O) groups is 1. The van der Waals surface area contributed by atoms with Gasteiger partial charge in [0.2, 0.25) is 15.9 Å². The second-order valence-corrected chi connectivity index (χ2v) is 7.73. The summed E-state index contributed by atoms with van der Waals surface area (Å²) < 4.78 is 64.1. The van der Waals surface area contributed by atoms with Crippen LogP contribution in [0.2, 0.25) is 0 Å². The Morgan fingerprint density at radius 2 is 1.76 bits per heavy atom. The van der Waals surface area contributed by atoms with Crippen LogP contribution in [0.25, 0.3) is 0 Å². The first kappa shape index (κ1) is 19.7. The van der Waals surface area contributed by atoms with Crippen LogP contribution in [0.15, 0.2) is 29.2 Å². The molecular weight excluding hydrogens is 357 g/mol. The molecule has 1 N–H and O–H groups in total. The van der Waals surface area contributed by atoms with Crippen LogP contribution in [0.5, 0.6) is 0 Å². The van der Waals surface area contributed by atoms with Crippen molar-refractivity contribution in [2.75, 3.05) is 19.6 Å². The minimum atomic E-state index is -4.50. The fourth-order valence-electron chi connectivity index (χ4n) is 2.66. The van der Waals surface area contributed by atoms with Crippen LogP contribution in [-0.2, 0) is 21.0 Å². The average Bonchev–Trinajstić information content (AvgIpc) is 2.75. The highest BCUT2D eigenvalue weighted by Gasteiger charge is 2.30. The zero-order valence-corrected chi connectivity index (χ0v) is 14.5. The molecule has 0 aliphatic carbocycles. The fraction of sp³-hybridized carbons (Fsp3) is 0.562. The lowest BCUT2D eigenvalue weighted by Crippen LogP contribution is -2.34. The molecule has 0 atom stereocenters. The lowest BCUT2D eigenvalue weighted by molar-refractivity contribution is -0.137. The number of sulfonamides is 1. The molecule has 1 aliphatic rings. The normalized spacial score (nSPS) is 16.8. The molecule has 25 heavy (non-hydrogen) atoms. The maximum Gasteiger partial charge on any atom is 0.416 e. The maximum atomic E-state index is 12.5. The molecule has 140 valence electrons. The molecule has 9 heteroatoms. The van der Waals surface area contributed by atoms with Gasteiger partial charge in [-0.25, -0.2) is 13.1 Å². The van der Waals surface area contributed by atoms with E-state index >= 15 is 0 Å². The summed E-state index contributed by atoms with van der Waals surface area (Å²) in [6.07, 6.45) is -0.681. The van der Waals surface area contributed by atoms with Crippen LogP contribution >= 0.6 is 0 Å². The number of alkyl halides is 3. The monoisotopic (exact) mass is 378 g/mol. The van der Waals surface area contributed by atoms with E-state index in [0.29, 0.717) is 25.9 Å². The maximum absolute atomic E-state index is 12.5. The van der Waals surface area contributed by atoms with Crippen LogP contribution in [0.3, 0.4) is 0 Å². The van der Waals surface area contributed by atoms with Gasteiger partial charge in [0.25, 0.3) is 0 Å². The van der Waals surface area contributed by atoms with E-state index in [0.717, 1.165) is 43.5 Å². The molecule has 1 amide bonds. The first-order valence-corrected chi connectivity index (χ1v) is 9.63. The zero-order valence-electron chi connectivity index (χ0n) is 13.7. The summed E-state index contributed by atoms with van der Waals surface area (Å²) in [7, 11) is -3.87. The molecule has 2 rings (SSSR count). The van der Waals surface area contributed by atoms with Crippen molar-refractivity contribution in [3.8, 4) is 0 Å². The summed E-state index contributed by atoms with van der Waals surface area (Å²) in [6.45, 7) is 1.27. The second-order valence-electron chi connectivity index (χ2n) is 5.96. The van der Waals surface area contributed by atoms with E-state index in [1.165, 1.54) is 0 Å². The molecule has 1 aliphatic heterocycles. The topological polar surface area (TPSA) is 66.5 Å². The van der Waals surface area contributed by atoms with Gasteiger partial charge in [-0.1, -0.05) is 6.42 Å². The van der Waals surface area contributed by atoms with E-state index in [1.54, 1.807) is 4.90 Å². The summed E-state index contributed by atoms with van der Waals surface area (Å²) in [6, 6.07) is 3.35. The van der Waals surface area contributed by atoms with Crippen molar-refractivity contribution >= 4 is 15.9 Å². The molecule has 0 spiro atoms. The van der Waals surface area contributed by atoms with Gasteiger partial charge in [-0.3, -0.25) is 4.79 Å². The van der Waals surface area contributed by atoms with Crippen molar-refractivity contribution in [2.45, 2.75) is 43.2 Å². The third kappa shape index (κ3) is 5.71. The zero-order chi connectivity index (χ0) is 18.5. The van der Waals surface area contributed by atoms with Gasteiger partial charge < -0.3 is 4.90 Å². The first-order chi connectivity index (χ1) is 11.7. The number of carbonyl (C=O) groups excluding carboxylic acids is 1. The van der Waals surface area contributed by atoms with Crippen LogP contribution in [0, 0.1) is 0 Å². The number of benzene rings is 1. The summed E-state index contributed by atoms with van der Waals surface area (Å²) in [4.78, 5) is 13.4. The van der Waals surface area contributed by atoms with Crippen molar-refractivity contribution in [3.05, 3.63) is 29.8 Å². The Hall–Kier alpha value is -1.61. The Kier molecular flexibility index (Phi) is 6.45. The van der Waals surface area contributed by atoms with E-state index < -0.39 is 21.8 Å². The van der Waals surface area contributed by atoms with E-state index in [4.69, 9.17) is 0 Å². The third-order valence-electron chi connectivity index (χ3n) is 4.06. The van der Waals surface area contributed by atoms with Crippen molar-refractivity contribution in [2.24, 2.45) is 0 Å². The third-order valence-corrected chi connectivity index (χ3v) is 5.54. The SMILES string of the molecule is O=C1CCCCCN1CCCNS(=O)(=O)c1ccc(C(F)(F)F)cc1. The molecule has 0 saturated carbocycles. The highest BCUT2D eigenvalue weighted by molar-refractivity contribution is 7.89. The molecule has 1 aromatic carbocycles. The lowest BCUT2D eigenvalue weighted by Gasteiger charge is -2.20. The molecule has 0 aromatic heterocycles. The summed E-state index contributed by atoms with van der Waals surface area (Å²) >= 11 is 0. The Bertz CT molecular complexity index is 688. The van der Waals surface area contributed by atoms with Gasteiger partial charge in [-0.2, -0.15) is 13.2 Å². The highest BCUT2D eigenvalue weighted by Crippen LogP contribution is 2.29. The number of halogens is 3. The van der Waals surface area contributed by atoms with Crippen LogP contribution < -0.4 is 4.72 Å². The van der Waals surface area contributed by atoms with Crippen molar-refractivity contribution in [3.63, 3.8) is 0 Å². The Morgan fingerprint density at radius 3 is 2.40 bits per heavy atom. The molecule has 0 radical (unpaired) electrons. The predicted octanol–water partition coefficient (Wildman–Crippen LogP) is 2.78.